The van der Waals surface area contributed by atoms with E-state index in [1.54, 1.807) is 12.1 Å². The topological polar surface area (TPSA) is 91.3 Å². The van der Waals surface area contributed by atoms with E-state index in [0.717, 1.165) is 36.0 Å². The number of piperidine rings is 1. The SMILES string of the molecule is CC1CCCN(c2ccc(N=Nc3ccc(N)c4ccccc34)cc2C(=O)O)C1. The first-order valence-corrected chi connectivity index (χ1v) is 9.84. The van der Waals surface area contributed by atoms with Crippen LogP contribution in [0.3, 0.4) is 0 Å². The molecule has 1 aliphatic rings. The Morgan fingerprint density at radius 3 is 2.66 bits per heavy atom. The van der Waals surface area contributed by atoms with Gasteiger partial charge in [0.15, 0.2) is 0 Å². The third kappa shape index (κ3) is 3.92. The molecule has 29 heavy (non-hydrogen) atoms. The standard InChI is InChI=1S/C23H24N4O2/c1-15-5-4-12-27(14-15)22-11-8-16(13-19(22)23(28)29)25-26-21-10-9-20(24)17-6-2-3-7-18(17)21/h2-3,6-11,13,15H,4-5,12,14,24H2,1H3,(H,28,29). The molecule has 0 saturated carbocycles. The molecule has 0 bridgehead atoms. The first-order valence-electron chi connectivity index (χ1n) is 9.84. The number of carbonyl (C=O) groups is 1. The summed E-state index contributed by atoms with van der Waals surface area (Å²) in [5.74, 6) is -0.392. The van der Waals surface area contributed by atoms with Crippen LogP contribution < -0.4 is 10.6 Å². The Hall–Kier alpha value is -3.41. The van der Waals surface area contributed by atoms with Gasteiger partial charge in [0.2, 0.25) is 0 Å². The number of nitrogens with zero attached hydrogens (tertiary/aromatic N) is 3. The fourth-order valence-corrected chi connectivity index (χ4v) is 3.95. The Bertz CT molecular complexity index is 1090. The number of fused-ring (bicyclic) bond motifs is 1. The summed E-state index contributed by atoms with van der Waals surface area (Å²) >= 11 is 0. The lowest BCUT2D eigenvalue weighted by Crippen LogP contribution is -2.35. The maximum Gasteiger partial charge on any atom is 0.337 e. The molecule has 0 aliphatic carbocycles. The summed E-state index contributed by atoms with van der Waals surface area (Å²) in [6, 6.07) is 16.6. The summed E-state index contributed by atoms with van der Waals surface area (Å²) in [6.45, 7) is 3.95. The number of nitrogen functional groups attached to an aromatic ring is 1. The van der Waals surface area contributed by atoms with Crippen molar-refractivity contribution in [2.45, 2.75) is 19.8 Å². The zero-order valence-electron chi connectivity index (χ0n) is 16.4. The van der Waals surface area contributed by atoms with Crippen molar-refractivity contribution in [1.29, 1.82) is 0 Å². The molecule has 0 radical (unpaired) electrons. The van der Waals surface area contributed by atoms with Gasteiger partial charge < -0.3 is 15.7 Å². The highest BCUT2D eigenvalue weighted by molar-refractivity contribution is 6.00. The van der Waals surface area contributed by atoms with Crippen LogP contribution >= 0.6 is 0 Å². The number of carboxylic acids is 1. The van der Waals surface area contributed by atoms with Crippen molar-refractivity contribution in [2.24, 2.45) is 16.1 Å². The lowest BCUT2D eigenvalue weighted by Gasteiger charge is -2.33. The number of rotatable bonds is 4. The van der Waals surface area contributed by atoms with Gasteiger partial charge in [-0.3, -0.25) is 0 Å². The highest BCUT2D eigenvalue weighted by atomic mass is 16.4. The zero-order valence-corrected chi connectivity index (χ0v) is 16.4. The smallest absolute Gasteiger partial charge is 0.337 e. The highest BCUT2D eigenvalue weighted by Gasteiger charge is 2.21. The maximum atomic E-state index is 11.9. The predicted molar refractivity (Wildman–Crippen MR) is 117 cm³/mol. The van der Waals surface area contributed by atoms with E-state index in [4.69, 9.17) is 5.73 Å². The fourth-order valence-electron chi connectivity index (χ4n) is 3.95. The van der Waals surface area contributed by atoms with E-state index in [1.165, 1.54) is 6.42 Å². The van der Waals surface area contributed by atoms with E-state index in [2.05, 4.69) is 22.1 Å². The van der Waals surface area contributed by atoms with Crippen LogP contribution in [-0.2, 0) is 0 Å². The molecular formula is C23H24N4O2. The summed E-state index contributed by atoms with van der Waals surface area (Å²) in [5.41, 5.74) is 8.95. The van der Waals surface area contributed by atoms with Crippen molar-refractivity contribution in [3.05, 3.63) is 60.2 Å². The first-order chi connectivity index (χ1) is 14.0. The summed E-state index contributed by atoms with van der Waals surface area (Å²) in [4.78, 5) is 14.0. The number of hydrogen-bond acceptors (Lipinski definition) is 5. The summed E-state index contributed by atoms with van der Waals surface area (Å²) in [7, 11) is 0. The van der Waals surface area contributed by atoms with Crippen molar-refractivity contribution in [2.75, 3.05) is 23.7 Å². The fraction of sp³-hybridized carbons (Fsp3) is 0.261. The molecule has 1 atom stereocenters. The van der Waals surface area contributed by atoms with Crippen LogP contribution in [0.5, 0.6) is 0 Å². The molecule has 0 spiro atoms. The van der Waals surface area contributed by atoms with Gasteiger partial charge in [-0.1, -0.05) is 31.2 Å². The van der Waals surface area contributed by atoms with Gasteiger partial charge >= 0.3 is 5.97 Å². The molecule has 1 unspecified atom stereocenters. The number of azo groups is 1. The van der Waals surface area contributed by atoms with Gasteiger partial charge in [0.1, 0.15) is 0 Å². The van der Waals surface area contributed by atoms with Crippen LogP contribution in [-0.4, -0.2) is 24.2 Å². The molecule has 0 amide bonds. The van der Waals surface area contributed by atoms with E-state index >= 15 is 0 Å². The van der Waals surface area contributed by atoms with Crippen molar-refractivity contribution in [3.8, 4) is 0 Å². The number of hydrogen-bond donors (Lipinski definition) is 2. The van der Waals surface area contributed by atoms with Crippen molar-refractivity contribution >= 4 is 39.5 Å². The van der Waals surface area contributed by atoms with E-state index < -0.39 is 5.97 Å². The highest BCUT2D eigenvalue weighted by Crippen LogP contribution is 2.33. The summed E-state index contributed by atoms with van der Waals surface area (Å²) in [5, 5.41) is 20.2. The minimum atomic E-state index is -0.951. The molecule has 3 N–H and O–H groups in total. The minimum absolute atomic E-state index is 0.262. The molecule has 1 fully saturated rings. The predicted octanol–water partition coefficient (Wildman–Crippen LogP) is 5.77. The summed E-state index contributed by atoms with van der Waals surface area (Å²) in [6.07, 6.45) is 2.26. The number of nitrogens with two attached hydrogens (primary N) is 1. The molecular weight excluding hydrogens is 364 g/mol. The molecule has 148 valence electrons. The molecule has 3 aromatic carbocycles. The van der Waals surface area contributed by atoms with Crippen LogP contribution in [0.25, 0.3) is 10.8 Å². The number of benzene rings is 3. The molecule has 1 saturated heterocycles. The molecule has 0 aromatic heterocycles. The number of carboxylic acid groups (broad SMARTS) is 1. The second-order valence-electron chi connectivity index (χ2n) is 7.62. The number of anilines is 2. The van der Waals surface area contributed by atoms with Gasteiger partial charge in [-0.05, 0) is 49.1 Å². The van der Waals surface area contributed by atoms with Gasteiger partial charge in [-0.15, -0.1) is 5.11 Å². The average Bonchev–Trinajstić information content (AvgIpc) is 2.73. The van der Waals surface area contributed by atoms with Crippen LogP contribution in [0, 0.1) is 5.92 Å². The van der Waals surface area contributed by atoms with E-state index in [-0.39, 0.29) is 5.56 Å². The van der Waals surface area contributed by atoms with Gasteiger partial charge in [-0.2, -0.15) is 5.11 Å². The lowest BCUT2D eigenvalue weighted by molar-refractivity contribution is 0.0697. The molecule has 3 aromatic rings. The third-order valence-corrected chi connectivity index (χ3v) is 5.42. The van der Waals surface area contributed by atoms with Crippen molar-refractivity contribution in [3.63, 3.8) is 0 Å². The Balaban J connectivity index is 1.67. The zero-order chi connectivity index (χ0) is 20.4. The number of aromatic carboxylic acids is 1. The molecule has 6 nitrogen and oxygen atoms in total. The second kappa shape index (κ2) is 7.91. The van der Waals surface area contributed by atoms with E-state index in [1.807, 2.05) is 42.5 Å². The van der Waals surface area contributed by atoms with Crippen molar-refractivity contribution < 1.29 is 9.90 Å². The second-order valence-corrected chi connectivity index (χ2v) is 7.62. The van der Waals surface area contributed by atoms with Gasteiger partial charge in [-0.25, -0.2) is 4.79 Å². The Labute approximate surface area is 169 Å². The molecule has 6 heteroatoms. The monoisotopic (exact) mass is 388 g/mol. The van der Waals surface area contributed by atoms with Gasteiger partial charge in [0.05, 0.1) is 22.6 Å². The van der Waals surface area contributed by atoms with Crippen LogP contribution in [0.1, 0.15) is 30.1 Å². The van der Waals surface area contributed by atoms with E-state index in [9.17, 15) is 9.90 Å². The van der Waals surface area contributed by atoms with Gasteiger partial charge in [0.25, 0.3) is 0 Å². The van der Waals surface area contributed by atoms with Crippen LogP contribution in [0.4, 0.5) is 22.7 Å². The summed E-state index contributed by atoms with van der Waals surface area (Å²) < 4.78 is 0. The Kier molecular flexibility index (Phi) is 5.16. The Morgan fingerprint density at radius 2 is 1.90 bits per heavy atom. The third-order valence-electron chi connectivity index (χ3n) is 5.42. The first kappa shape index (κ1) is 18.9. The average molecular weight is 388 g/mol. The normalized spacial score (nSPS) is 17.1. The quantitative estimate of drug-likeness (QED) is 0.438. The van der Waals surface area contributed by atoms with Crippen LogP contribution in [0.15, 0.2) is 64.8 Å². The minimum Gasteiger partial charge on any atom is -0.478 e. The van der Waals surface area contributed by atoms with Crippen molar-refractivity contribution in [1.82, 2.24) is 0 Å². The lowest BCUT2D eigenvalue weighted by atomic mass is 9.98. The van der Waals surface area contributed by atoms with Crippen LogP contribution in [0.2, 0.25) is 0 Å². The molecule has 1 aliphatic heterocycles. The van der Waals surface area contributed by atoms with Gasteiger partial charge in [0, 0.05) is 29.5 Å². The molecule has 4 rings (SSSR count). The maximum absolute atomic E-state index is 11.9. The molecule has 1 heterocycles. The largest absolute Gasteiger partial charge is 0.478 e. The van der Waals surface area contributed by atoms with E-state index in [0.29, 0.717) is 23.0 Å². The Morgan fingerprint density at radius 1 is 1.10 bits per heavy atom.